The highest BCUT2D eigenvalue weighted by atomic mass is 35.5. The second-order valence-electron chi connectivity index (χ2n) is 11.9. The topological polar surface area (TPSA) is 86.8 Å². The molecule has 0 radical (unpaired) electrons. The third-order valence-electron chi connectivity index (χ3n) is 7.01. The van der Waals surface area contributed by atoms with E-state index in [0.29, 0.717) is 0 Å². The Bertz CT molecular complexity index is 1750. The van der Waals surface area contributed by atoms with E-state index in [1.807, 2.05) is 82.3 Å². The third kappa shape index (κ3) is 8.93. The van der Waals surface area contributed by atoms with Crippen molar-refractivity contribution in [2.75, 3.05) is 10.8 Å². The third-order valence-corrected chi connectivity index (χ3v) is 9.08. The number of anilines is 1. The maximum Gasteiger partial charge on any atom is 0.264 e. The second kappa shape index (κ2) is 14.3. The van der Waals surface area contributed by atoms with Crippen LogP contribution in [0.2, 0.25) is 5.02 Å². The number of halogens is 2. The summed E-state index contributed by atoms with van der Waals surface area (Å²) in [5.41, 5.74) is 1.97. The molecule has 1 N–H and O–H groups in total. The van der Waals surface area contributed by atoms with Crippen molar-refractivity contribution in [3.05, 3.63) is 131 Å². The summed E-state index contributed by atoms with van der Waals surface area (Å²) in [6.07, 6.45) is 0.189. The summed E-state index contributed by atoms with van der Waals surface area (Å²) in [4.78, 5) is 29.8. The normalized spacial score (nSPS) is 12.3. The molecule has 0 unspecified atom stereocenters. The van der Waals surface area contributed by atoms with Crippen LogP contribution >= 0.6 is 11.6 Å². The van der Waals surface area contributed by atoms with Gasteiger partial charge in [-0.25, -0.2) is 12.8 Å². The zero-order valence-electron chi connectivity index (χ0n) is 25.7. The Morgan fingerprint density at radius 1 is 0.867 bits per heavy atom. The highest BCUT2D eigenvalue weighted by Gasteiger charge is 2.35. The smallest absolute Gasteiger partial charge is 0.264 e. The number of nitrogens with zero attached hydrogens (tertiary/aromatic N) is 2. The van der Waals surface area contributed by atoms with E-state index < -0.39 is 39.9 Å². The van der Waals surface area contributed by atoms with Crippen molar-refractivity contribution in [3.63, 3.8) is 0 Å². The van der Waals surface area contributed by atoms with Crippen molar-refractivity contribution in [1.29, 1.82) is 0 Å². The first-order chi connectivity index (χ1) is 21.2. The lowest BCUT2D eigenvalue weighted by Gasteiger charge is -2.35. The molecule has 4 rings (SSSR count). The molecule has 45 heavy (non-hydrogen) atoms. The van der Waals surface area contributed by atoms with E-state index in [4.69, 9.17) is 11.6 Å². The van der Waals surface area contributed by atoms with Crippen molar-refractivity contribution in [2.24, 2.45) is 0 Å². The van der Waals surface area contributed by atoms with Crippen LogP contribution in [0.5, 0.6) is 0 Å². The first kappa shape index (κ1) is 33.7. The molecule has 0 heterocycles. The van der Waals surface area contributed by atoms with Crippen molar-refractivity contribution < 1.29 is 22.4 Å². The summed E-state index contributed by atoms with van der Waals surface area (Å²) in [7, 11) is -4.32. The standard InChI is InChI=1S/C35H37ClFN3O4S/c1-25-12-11-15-27(20-25)23-39(32(34(42)38-35(2,3)4)21-26-13-7-5-8-14-26)33(41)24-40(28-18-19-31(37)30(36)22-28)45(43,44)29-16-9-6-10-17-29/h5-20,22,32H,21,23-24H2,1-4H3,(H,38,42)/t32-/m1/s1. The van der Waals surface area contributed by atoms with E-state index in [1.165, 1.54) is 29.2 Å². The van der Waals surface area contributed by atoms with Crippen LogP contribution in [-0.4, -0.2) is 43.3 Å². The first-order valence-electron chi connectivity index (χ1n) is 14.5. The van der Waals surface area contributed by atoms with Crippen molar-refractivity contribution in [3.8, 4) is 0 Å². The average Bonchev–Trinajstić information content (AvgIpc) is 2.99. The molecule has 0 bridgehead atoms. The van der Waals surface area contributed by atoms with E-state index in [9.17, 15) is 22.4 Å². The fourth-order valence-corrected chi connectivity index (χ4v) is 6.50. The largest absolute Gasteiger partial charge is 0.350 e. The number of carbonyl (C=O) groups is 2. The maximum absolute atomic E-state index is 14.5. The van der Waals surface area contributed by atoms with Gasteiger partial charge in [-0.3, -0.25) is 13.9 Å². The number of hydrogen-bond donors (Lipinski definition) is 1. The number of carbonyl (C=O) groups excluding carboxylic acids is 2. The van der Waals surface area contributed by atoms with Crippen LogP contribution in [0.15, 0.2) is 108 Å². The molecule has 0 aromatic heterocycles. The first-order valence-corrected chi connectivity index (χ1v) is 16.3. The number of amides is 2. The lowest BCUT2D eigenvalue weighted by Crippen LogP contribution is -2.56. The van der Waals surface area contributed by atoms with Gasteiger partial charge in [-0.2, -0.15) is 0 Å². The molecule has 0 aliphatic rings. The zero-order valence-corrected chi connectivity index (χ0v) is 27.3. The van der Waals surface area contributed by atoms with Gasteiger partial charge in [-0.1, -0.05) is 90.0 Å². The van der Waals surface area contributed by atoms with E-state index in [1.54, 1.807) is 18.2 Å². The van der Waals surface area contributed by atoms with Gasteiger partial charge in [0.05, 0.1) is 15.6 Å². The quantitative estimate of drug-likeness (QED) is 0.200. The van der Waals surface area contributed by atoms with E-state index >= 15 is 0 Å². The molecule has 2 amide bonds. The summed E-state index contributed by atoms with van der Waals surface area (Å²) in [6, 6.07) is 27.0. The lowest BCUT2D eigenvalue weighted by molar-refractivity contribution is -0.140. The summed E-state index contributed by atoms with van der Waals surface area (Å²) < 4.78 is 43.1. The molecule has 0 fully saturated rings. The van der Waals surface area contributed by atoms with Crippen molar-refractivity contribution in [2.45, 2.75) is 57.1 Å². The van der Waals surface area contributed by atoms with Gasteiger partial charge in [0, 0.05) is 18.5 Å². The Hall–Kier alpha value is -4.21. The predicted molar refractivity (Wildman–Crippen MR) is 176 cm³/mol. The van der Waals surface area contributed by atoms with E-state index in [2.05, 4.69) is 5.32 Å². The molecule has 0 saturated heterocycles. The Morgan fingerprint density at radius 3 is 2.09 bits per heavy atom. The average molecular weight is 650 g/mol. The molecule has 0 aliphatic carbocycles. The van der Waals surface area contributed by atoms with Crippen LogP contribution in [0.4, 0.5) is 10.1 Å². The van der Waals surface area contributed by atoms with E-state index in [0.717, 1.165) is 27.1 Å². The molecule has 0 saturated carbocycles. The van der Waals surface area contributed by atoms with Gasteiger partial charge >= 0.3 is 0 Å². The molecule has 4 aromatic rings. The Labute approximate surface area is 269 Å². The summed E-state index contributed by atoms with van der Waals surface area (Å²) in [5, 5.41) is 2.71. The number of aryl methyl sites for hydroxylation is 1. The number of nitrogens with one attached hydrogen (secondary N) is 1. The van der Waals surface area contributed by atoms with Crippen molar-refractivity contribution >= 4 is 39.1 Å². The van der Waals surface area contributed by atoms with Gasteiger partial charge in [-0.05, 0) is 69.2 Å². The molecule has 4 aromatic carbocycles. The minimum Gasteiger partial charge on any atom is -0.350 e. The van der Waals surface area contributed by atoms with Crippen LogP contribution in [-0.2, 0) is 32.6 Å². The molecule has 0 aliphatic heterocycles. The van der Waals surface area contributed by atoms with E-state index in [-0.39, 0.29) is 34.5 Å². The molecule has 0 spiro atoms. The Balaban J connectivity index is 1.83. The molecule has 7 nitrogen and oxygen atoms in total. The molecular formula is C35H37ClFN3O4S. The molecule has 10 heteroatoms. The fourth-order valence-electron chi connectivity index (χ4n) is 4.90. The van der Waals surface area contributed by atoms with Gasteiger partial charge in [0.1, 0.15) is 18.4 Å². The summed E-state index contributed by atoms with van der Waals surface area (Å²) in [5.74, 6) is -1.73. The minimum absolute atomic E-state index is 0.00728. The number of sulfonamides is 1. The van der Waals surface area contributed by atoms with Gasteiger partial charge in [0.15, 0.2) is 0 Å². The van der Waals surface area contributed by atoms with Crippen molar-refractivity contribution in [1.82, 2.24) is 10.2 Å². The molecular weight excluding hydrogens is 613 g/mol. The van der Waals surface area contributed by atoms with Gasteiger partial charge in [0.2, 0.25) is 11.8 Å². The van der Waals surface area contributed by atoms with Crippen LogP contribution in [0, 0.1) is 12.7 Å². The Morgan fingerprint density at radius 2 is 1.49 bits per heavy atom. The van der Waals surface area contributed by atoms with Gasteiger partial charge in [-0.15, -0.1) is 0 Å². The van der Waals surface area contributed by atoms with Gasteiger partial charge in [0.25, 0.3) is 10.0 Å². The van der Waals surface area contributed by atoms with Crippen LogP contribution in [0.25, 0.3) is 0 Å². The molecule has 236 valence electrons. The monoisotopic (exact) mass is 649 g/mol. The van der Waals surface area contributed by atoms with Crippen LogP contribution < -0.4 is 9.62 Å². The second-order valence-corrected chi connectivity index (χ2v) is 14.1. The minimum atomic E-state index is -4.32. The summed E-state index contributed by atoms with van der Waals surface area (Å²) >= 11 is 6.07. The highest BCUT2D eigenvalue weighted by molar-refractivity contribution is 7.92. The predicted octanol–water partition coefficient (Wildman–Crippen LogP) is 6.54. The van der Waals surface area contributed by atoms with Crippen LogP contribution in [0.1, 0.15) is 37.5 Å². The Kier molecular flexibility index (Phi) is 10.7. The lowest BCUT2D eigenvalue weighted by atomic mass is 10.0. The fraction of sp³-hybridized carbons (Fsp3) is 0.257. The van der Waals surface area contributed by atoms with Crippen LogP contribution in [0.3, 0.4) is 0 Å². The van der Waals surface area contributed by atoms with Gasteiger partial charge < -0.3 is 10.2 Å². The SMILES string of the molecule is Cc1cccc(CN(C(=O)CN(c2ccc(F)c(Cl)c2)S(=O)(=O)c2ccccc2)[C@H](Cc2ccccc2)C(=O)NC(C)(C)C)c1. The number of rotatable bonds is 11. The number of hydrogen-bond acceptors (Lipinski definition) is 4. The highest BCUT2D eigenvalue weighted by Crippen LogP contribution is 2.28. The maximum atomic E-state index is 14.5. The number of benzene rings is 4. The summed E-state index contributed by atoms with van der Waals surface area (Å²) in [6.45, 7) is 6.85. The molecule has 1 atom stereocenters. The zero-order chi connectivity index (χ0) is 32.8.